The van der Waals surface area contributed by atoms with E-state index in [4.69, 9.17) is 39.6 Å². The number of amides is 1. The Bertz CT molecular complexity index is 1140. The molecule has 0 unspecified atom stereocenters. The van der Waals surface area contributed by atoms with Gasteiger partial charge in [-0.2, -0.15) is 13.2 Å². The average molecular weight is 529 g/mol. The zero-order valence-electron chi connectivity index (χ0n) is 16.2. The predicted molar refractivity (Wildman–Crippen MR) is 113 cm³/mol. The third-order valence-corrected chi connectivity index (χ3v) is 6.19. The topological polar surface area (TPSA) is 62.7 Å². The lowest BCUT2D eigenvalue weighted by Crippen LogP contribution is -2.42. The Balaban J connectivity index is 1.60. The minimum absolute atomic E-state index is 0.0963. The number of hydrazine groups is 1. The molecule has 5 nitrogen and oxygen atoms in total. The third-order valence-electron chi connectivity index (χ3n) is 5.31. The molecule has 4 rings (SSSR count). The summed E-state index contributed by atoms with van der Waals surface area (Å²) in [5.41, 5.74) is 1.62. The number of hydrogen-bond donors (Lipinski definition) is 2. The third kappa shape index (κ3) is 4.43. The Hall–Kier alpha value is -2.30. The van der Waals surface area contributed by atoms with Crippen LogP contribution in [-0.2, 0) is 15.2 Å². The number of alkyl halides is 4. The second kappa shape index (κ2) is 8.48. The van der Waals surface area contributed by atoms with E-state index < -0.39 is 57.6 Å². The van der Waals surface area contributed by atoms with Gasteiger partial charge in [0.25, 0.3) is 5.60 Å². The van der Waals surface area contributed by atoms with Gasteiger partial charge < -0.3 is 4.84 Å². The van der Waals surface area contributed by atoms with Crippen molar-refractivity contribution in [2.45, 2.75) is 30.8 Å². The second-order valence-corrected chi connectivity index (χ2v) is 8.77. The molecule has 1 fully saturated rings. The van der Waals surface area contributed by atoms with E-state index in [1.165, 1.54) is 18.2 Å². The maximum Gasteiger partial charge on any atom is 0.435 e. The van der Waals surface area contributed by atoms with E-state index in [1.54, 1.807) is 0 Å². The van der Waals surface area contributed by atoms with Gasteiger partial charge in [-0.15, -0.1) is 0 Å². The lowest BCUT2D eigenvalue weighted by molar-refractivity contribution is -0.275. The number of oxime groups is 1. The largest absolute Gasteiger partial charge is 0.435 e. The van der Waals surface area contributed by atoms with Crippen molar-refractivity contribution in [3.05, 3.63) is 62.3 Å². The van der Waals surface area contributed by atoms with Gasteiger partial charge in [0.05, 0.1) is 32.4 Å². The van der Waals surface area contributed by atoms with E-state index >= 15 is 0 Å². The molecule has 3 atom stereocenters. The van der Waals surface area contributed by atoms with Gasteiger partial charge in [0.1, 0.15) is 6.17 Å². The molecule has 0 aromatic heterocycles. The van der Waals surface area contributed by atoms with Gasteiger partial charge in [-0.25, -0.2) is 8.78 Å². The minimum atomic E-state index is -4.96. The Morgan fingerprint density at radius 1 is 1.12 bits per heavy atom. The van der Waals surface area contributed by atoms with Crippen LogP contribution in [0.25, 0.3) is 0 Å². The molecule has 33 heavy (non-hydrogen) atoms. The summed E-state index contributed by atoms with van der Waals surface area (Å²) in [6, 6.07) is 5.71. The molecule has 2 aromatic rings. The van der Waals surface area contributed by atoms with Crippen molar-refractivity contribution in [2.24, 2.45) is 11.1 Å². The van der Waals surface area contributed by atoms with Gasteiger partial charge in [-0.3, -0.25) is 15.6 Å². The van der Waals surface area contributed by atoms with Crippen molar-refractivity contribution in [1.29, 1.82) is 0 Å². The van der Waals surface area contributed by atoms with Gasteiger partial charge in [0.15, 0.2) is 5.82 Å². The monoisotopic (exact) mass is 527 g/mol. The first-order valence-electron chi connectivity index (χ1n) is 9.39. The number of rotatable bonds is 5. The second-order valence-electron chi connectivity index (χ2n) is 7.55. The molecule has 2 aliphatic rings. The quantitative estimate of drug-likeness (QED) is 0.277. The molecule has 2 N–H and O–H groups in total. The highest BCUT2D eigenvalue weighted by Gasteiger charge is 2.62. The summed E-state index contributed by atoms with van der Waals surface area (Å²) in [4.78, 5) is 16.7. The molecule has 1 aliphatic heterocycles. The first-order chi connectivity index (χ1) is 15.4. The van der Waals surface area contributed by atoms with Crippen LogP contribution in [0.2, 0.25) is 15.1 Å². The van der Waals surface area contributed by atoms with E-state index in [0.717, 1.165) is 12.1 Å². The first-order valence-corrected chi connectivity index (χ1v) is 10.5. The number of benzene rings is 2. The highest BCUT2D eigenvalue weighted by molar-refractivity contribution is 6.35. The van der Waals surface area contributed by atoms with Crippen molar-refractivity contribution >= 4 is 52.1 Å². The standard InChI is InChI=1S/C20H13Cl3F5N3O2/c21-11-2-1-8(3-15(11)29-30-18(32)10-6-14(10)24)16-7-19(33-31-16,20(26,27)28)9-4-12(22)17(25)13(23)5-9/h1-5,10,14,29H,6-7H2,(H,30,32)/t10-,14+,19-/m1/s1. The zero-order valence-corrected chi connectivity index (χ0v) is 18.5. The molecule has 1 saturated carbocycles. The molecule has 1 amide bonds. The fourth-order valence-corrected chi connectivity index (χ4v) is 3.96. The normalized spacial score (nSPS) is 24.2. The molecule has 0 bridgehead atoms. The molecular formula is C20H13Cl3F5N3O2. The van der Waals surface area contributed by atoms with Gasteiger partial charge in [0, 0.05) is 17.5 Å². The summed E-state index contributed by atoms with van der Waals surface area (Å²) in [5.74, 6) is -2.39. The Morgan fingerprint density at radius 3 is 2.33 bits per heavy atom. The first kappa shape index (κ1) is 23.8. The van der Waals surface area contributed by atoms with Crippen molar-refractivity contribution in [2.75, 3.05) is 5.43 Å². The molecule has 13 heteroatoms. The molecule has 0 radical (unpaired) electrons. The van der Waals surface area contributed by atoms with Crippen LogP contribution in [0.3, 0.4) is 0 Å². The maximum atomic E-state index is 14.1. The zero-order chi connectivity index (χ0) is 24.1. The molecule has 0 saturated heterocycles. The summed E-state index contributed by atoms with van der Waals surface area (Å²) in [7, 11) is 0. The lowest BCUT2D eigenvalue weighted by Gasteiger charge is -2.29. The highest BCUT2D eigenvalue weighted by atomic mass is 35.5. The molecule has 0 spiro atoms. The molecule has 1 heterocycles. The number of hydrogen-bond acceptors (Lipinski definition) is 4. The smallest absolute Gasteiger partial charge is 0.374 e. The Morgan fingerprint density at radius 2 is 1.76 bits per heavy atom. The van der Waals surface area contributed by atoms with Crippen LogP contribution in [0.5, 0.6) is 0 Å². The summed E-state index contributed by atoms with van der Waals surface area (Å²) >= 11 is 17.5. The fraction of sp³-hybridized carbons (Fsp3) is 0.300. The molecule has 176 valence electrons. The van der Waals surface area contributed by atoms with Crippen LogP contribution in [0.1, 0.15) is 24.0 Å². The van der Waals surface area contributed by atoms with E-state index in [-0.39, 0.29) is 28.4 Å². The van der Waals surface area contributed by atoms with E-state index in [0.29, 0.717) is 0 Å². The lowest BCUT2D eigenvalue weighted by atomic mass is 9.86. The van der Waals surface area contributed by atoms with Crippen molar-refractivity contribution in [1.82, 2.24) is 5.43 Å². The van der Waals surface area contributed by atoms with Crippen LogP contribution in [0.4, 0.5) is 27.6 Å². The predicted octanol–water partition coefficient (Wildman–Crippen LogP) is 6.17. The molecule has 2 aromatic carbocycles. The maximum absolute atomic E-state index is 14.1. The van der Waals surface area contributed by atoms with Crippen molar-refractivity contribution < 1.29 is 31.6 Å². The summed E-state index contributed by atoms with van der Waals surface area (Å²) < 4.78 is 69.2. The highest BCUT2D eigenvalue weighted by Crippen LogP contribution is 2.50. The number of halogens is 8. The van der Waals surface area contributed by atoms with Gasteiger partial charge in [-0.05, 0) is 30.7 Å². The van der Waals surface area contributed by atoms with E-state index in [2.05, 4.69) is 16.0 Å². The molecular weight excluding hydrogens is 516 g/mol. The summed E-state index contributed by atoms with van der Waals surface area (Å²) in [5, 5.41) is 2.55. The SMILES string of the molecule is O=C(NNc1cc(C2=NO[C@](c3cc(Cl)c(F)c(Cl)c3)(C(F)(F)F)C2)ccc1Cl)[C@@H]1C[C@@H]1F. The summed E-state index contributed by atoms with van der Waals surface area (Å²) in [6.45, 7) is 0. The van der Waals surface area contributed by atoms with Gasteiger partial charge in [-0.1, -0.05) is 46.0 Å². The summed E-state index contributed by atoms with van der Waals surface area (Å²) in [6.07, 6.45) is -6.82. The average Bonchev–Trinajstić information content (AvgIpc) is 3.29. The van der Waals surface area contributed by atoms with Crippen LogP contribution in [0, 0.1) is 11.7 Å². The van der Waals surface area contributed by atoms with Crippen LogP contribution < -0.4 is 10.9 Å². The van der Waals surface area contributed by atoms with Gasteiger partial charge in [0.2, 0.25) is 5.91 Å². The van der Waals surface area contributed by atoms with Gasteiger partial charge >= 0.3 is 6.18 Å². The Kier molecular flexibility index (Phi) is 6.13. The number of carbonyl (C=O) groups excluding carboxylic acids is 1. The van der Waals surface area contributed by atoms with Crippen molar-refractivity contribution in [3.8, 4) is 0 Å². The number of nitrogens with zero attached hydrogens (tertiary/aromatic N) is 1. The van der Waals surface area contributed by atoms with Crippen LogP contribution in [-0.4, -0.2) is 24.0 Å². The van der Waals surface area contributed by atoms with E-state index in [9.17, 15) is 26.7 Å². The minimum Gasteiger partial charge on any atom is -0.374 e. The number of anilines is 1. The fourth-order valence-electron chi connectivity index (χ4n) is 3.30. The molecule has 1 aliphatic carbocycles. The van der Waals surface area contributed by atoms with Crippen molar-refractivity contribution in [3.63, 3.8) is 0 Å². The number of carbonyl (C=O) groups is 1. The number of nitrogens with one attached hydrogen (secondary N) is 2. The van der Waals surface area contributed by atoms with Crippen LogP contribution >= 0.6 is 34.8 Å². The van der Waals surface area contributed by atoms with Crippen LogP contribution in [0.15, 0.2) is 35.5 Å². The van der Waals surface area contributed by atoms with E-state index in [1.807, 2.05) is 0 Å². The Labute approximate surface area is 198 Å².